The van der Waals surface area contributed by atoms with Crippen LogP contribution in [0.5, 0.6) is 0 Å². The molecule has 20 heavy (non-hydrogen) atoms. The van der Waals surface area contributed by atoms with Gasteiger partial charge in [0.2, 0.25) is 0 Å². The fourth-order valence-electron chi connectivity index (χ4n) is 2.89. The van der Waals surface area contributed by atoms with E-state index in [0.29, 0.717) is 0 Å². The number of aryl methyl sites for hydroxylation is 1. The van der Waals surface area contributed by atoms with Crippen molar-refractivity contribution in [2.45, 2.75) is 31.8 Å². The Labute approximate surface area is 119 Å². The SMILES string of the molecule is CCc1ccc(C2C(=O)OC2(C)c2ccccc2)cc1. The fraction of sp³-hybridized carbons (Fsp3) is 0.278. The van der Waals surface area contributed by atoms with Crippen molar-refractivity contribution in [1.29, 1.82) is 0 Å². The fourth-order valence-corrected chi connectivity index (χ4v) is 2.89. The van der Waals surface area contributed by atoms with Gasteiger partial charge in [0.15, 0.2) is 5.60 Å². The number of hydrogen-bond donors (Lipinski definition) is 0. The summed E-state index contributed by atoms with van der Waals surface area (Å²) in [6, 6.07) is 18.2. The van der Waals surface area contributed by atoms with Gasteiger partial charge in [0.25, 0.3) is 0 Å². The topological polar surface area (TPSA) is 26.3 Å². The van der Waals surface area contributed by atoms with E-state index < -0.39 is 5.60 Å². The average molecular weight is 266 g/mol. The molecular formula is C18H18O2. The van der Waals surface area contributed by atoms with Crippen LogP contribution in [-0.2, 0) is 21.6 Å². The molecule has 2 aromatic carbocycles. The van der Waals surface area contributed by atoms with Gasteiger partial charge in [-0.3, -0.25) is 4.79 Å². The van der Waals surface area contributed by atoms with E-state index in [0.717, 1.165) is 17.5 Å². The minimum Gasteiger partial charge on any atom is -0.453 e. The highest BCUT2D eigenvalue weighted by molar-refractivity contribution is 5.86. The zero-order chi connectivity index (χ0) is 14.2. The summed E-state index contributed by atoms with van der Waals surface area (Å²) in [5.74, 6) is -0.351. The number of carbonyl (C=O) groups is 1. The summed E-state index contributed by atoms with van der Waals surface area (Å²) in [6.45, 7) is 4.11. The Hall–Kier alpha value is -2.09. The van der Waals surface area contributed by atoms with Gasteiger partial charge in [0.05, 0.1) is 0 Å². The number of carbonyl (C=O) groups excluding carboxylic acids is 1. The number of hydrogen-bond acceptors (Lipinski definition) is 2. The number of esters is 1. The summed E-state index contributed by atoms with van der Waals surface area (Å²) in [5, 5.41) is 0. The predicted octanol–water partition coefficient (Wildman–Crippen LogP) is 3.80. The van der Waals surface area contributed by atoms with Crippen molar-refractivity contribution in [2.24, 2.45) is 0 Å². The first-order valence-electron chi connectivity index (χ1n) is 7.02. The van der Waals surface area contributed by atoms with Crippen LogP contribution in [0, 0.1) is 0 Å². The molecule has 0 saturated carbocycles. The third-order valence-corrected chi connectivity index (χ3v) is 4.17. The number of benzene rings is 2. The molecule has 1 aliphatic rings. The lowest BCUT2D eigenvalue weighted by Crippen LogP contribution is -2.51. The summed E-state index contributed by atoms with van der Waals surface area (Å²) in [6.07, 6.45) is 1.01. The maximum absolute atomic E-state index is 12.0. The molecule has 102 valence electrons. The van der Waals surface area contributed by atoms with E-state index >= 15 is 0 Å². The highest BCUT2D eigenvalue weighted by atomic mass is 16.6. The minimum atomic E-state index is -0.550. The molecule has 1 fully saturated rings. The van der Waals surface area contributed by atoms with Crippen molar-refractivity contribution in [3.05, 3.63) is 71.3 Å². The summed E-state index contributed by atoms with van der Waals surface area (Å²) in [4.78, 5) is 12.0. The first-order chi connectivity index (χ1) is 9.65. The van der Waals surface area contributed by atoms with Crippen LogP contribution in [0.4, 0.5) is 0 Å². The van der Waals surface area contributed by atoms with Crippen LogP contribution in [0.3, 0.4) is 0 Å². The lowest BCUT2D eigenvalue weighted by Gasteiger charge is -2.45. The minimum absolute atomic E-state index is 0.138. The molecule has 1 heterocycles. The monoisotopic (exact) mass is 266 g/mol. The zero-order valence-electron chi connectivity index (χ0n) is 11.8. The maximum atomic E-state index is 12.0. The van der Waals surface area contributed by atoms with E-state index in [1.165, 1.54) is 5.56 Å². The molecule has 2 unspecified atom stereocenters. The molecule has 1 aliphatic heterocycles. The Bertz CT molecular complexity index is 616. The molecule has 0 amide bonds. The second-order valence-corrected chi connectivity index (χ2v) is 5.42. The van der Waals surface area contributed by atoms with Crippen molar-refractivity contribution >= 4 is 5.97 Å². The van der Waals surface area contributed by atoms with Crippen LogP contribution in [0.25, 0.3) is 0 Å². The van der Waals surface area contributed by atoms with Gasteiger partial charge in [-0.1, -0.05) is 61.5 Å². The quantitative estimate of drug-likeness (QED) is 0.790. The molecule has 0 spiro atoms. The van der Waals surface area contributed by atoms with Crippen LogP contribution in [0.15, 0.2) is 54.6 Å². The Morgan fingerprint density at radius 1 is 1.05 bits per heavy atom. The van der Waals surface area contributed by atoms with Gasteiger partial charge in [0, 0.05) is 0 Å². The van der Waals surface area contributed by atoms with Crippen molar-refractivity contribution in [1.82, 2.24) is 0 Å². The van der Waals surface area contributed by atoms with Crippen molar-refractivity contribution in [3.63, 3.8) is 0 Å². The predicted molar refractivity (Wildman–Crippen MR) is 78.4 cm³/mol. The van der Waals surface area contributed by atoms with E-state index in [2.05, 4.69) is 19.1 Å². The van der Waals surface area contributed by atoms with Crippen LogP contribution < -0.4 is 0 Å². The first kappa shape index (κ1) is 12.9. The molecular weight excluding hydrogens is 248 g/mol. The molecule has 3 rings (SSSR count). The summed E-state index contributed by atoms with van der Waals surface area (Å²) in [7, 11) is 0. The zero-order valence-corrected chi connectivity index (χ0v) is 11.8. The third kappa shape index (κ3) is 1.92. The first-order valence-corrected chi connectivity index (χ1v) is 7.02. The van der Waals surface area contributed by atoms with Gasteiger partial charge in [-0.25, -0.2) is 0 Å². The van der Waals surface area contributed by atoms with Crippen molar-refractivity contribution < 1.29 is 9.53 Å². The normalized spacial score (nSPS) is 24.9. The van der Waals surface area contributed by atoms with Gasteiger partial charge < -0.3 is 4.74 Å². The summed E-state index contributed by atoms with van der Waals surface area (Å²) in [5.41, 5.74) is 2.81. The Morgan fingerprint density at radius 3 is 2.25 bits per heavy atom. The van der Waals surface area contributed by atoms with Gasteiger partial charge in [-0.05, 0) is 30.0 Å². The molecule has 2 nitrogen and oxygen atoms in total. The van der Waals surface area contributed by atoms with Crippen LogP contribution in [0.1, 0.15) is 36.5 Å². The van der Waals surface area contributed by atoms with Crippen LogP contribution in [0.2, 0.25) is 0 Å². The molecule has 0 N–H and O–H groups in total. The van der Waals surface area contributed by atoms with Gasteiger partial charge in [-0.15, -0.1) is 0 Å². The third-order valence-electron chi connectivity index (χ3n) is 4.17. The highest BCUT2D eigenvalue weighted by Gasteiger charge is 2.54. The van der Waals surface area contributed by atoms with E-state index in [9.17, 15) is 4.79 Å². The van der Waals surface area contributed by atoms with E-state index in [-0.39, 0.29) is 11.9 Å². The summed E-state index contributed by atoms with van der Waals surface area (Å²) < 4.78 is 5.50. The Balaban J connectivity index is 1.96. The van der Waals surface area contributed by atoms with Crippen molar-refractivity contribution in [2.75, 3.05) is 0 Å². The van der Waals surface area contributed by atoms with Gasteiger partial charge in [-0.2, -0.15) is 0 Å². The number of rotatable bonds is 3. The molecule has 0 aromatic heterocycles. The molecule has 0 aliphatic carbocycles. The maximum Gasteiger partial charge on any atom is 0.318 e. The molecule has 2 aromatic rings. The van der Waals surface area contributed by atoms with E-state index in [4.69, 9.17) is 4.74 Å². The molecule has 0 bridgehead atoms. The van der Waals surface area contributed by atoms with Crippen LogP contribution >= 0.6 is 0 Å². The lowest BCUT2D eigenvalue weighted by molar-refractivity contribution is -0.198. The van der Waals surface area contributed by atoms with Crippen LogP contribution in [-0.4, -0.2) is 5.97 Å². The highest BCUT2D eigenvalue weighted by Crippen LogP contribution is 2.49. The average Bonchev–Trinajstić information content (AvgIpc) is 2.48. The second-order valence-electron chi connectivity index (χ2n) is 5.42. The van der Waals surface area contributed by atoms with Crippen molar-refractivity contribution in [3.8, 4) is 0 Å². The Morgan fingerprint density at radius 2 is 1.70 bits per heavy atom. The van der Waals surface area contributed by atoms with Gasteiger partial charge >= 0.3 is 5.97 Å². The largest absolute Gasteiger partial charge is 0.453 e. The standard InChI is InChI=1S/C18H18O2/c1-3-13-9-11-14(12-10-13)16-17(19)20-18(16,2)15-7-5-4-6-8-15/h4-12,16H,3H2,1-2H3. The summed E-state index contributed by atoms with van der Waals surface area (Å²) >= 11 is 0. The van der Waals surface area contributed by atoms with Gasteiger partial charge in [0.1, 0.15) is 5.92 Å². The smallest absolute Gasteiger partial charge is 0.318 e. The Kier molecular flexibility index (Phi) is 3.09. The number of cyclic esters (lactones) is 1. The van der Waals surface area contributed by atoms with E-state index in [1.807, 2.05) is 49.4 Å². The molecule has 0 radical (unpaired) electrons. The molecule has 2 heteroatoms. The van der Waals surface area contributed by atoms with E-state index in [1.54, 1.807) is 0 Å². The number of ether oxygens (including phenoxy) is 1. The lowest BCUT2D eigenvalue weighted by atomic mass is 9.74. The molecule has 2 atom stereocenters. The second kappa shape index (κ2) is 4.78. The molecule has 1 saturated heterocycles.